The molecule has 0 unspecified atom stereocenters. The standard InChI is InChI=1S/C20H26N4O4S2/c1-12(2)24-10-9-15-16(11-24)29-20(17(15)18(21)25)22-19(26)13-5-7-14(8-6-13)30(27,28)23(3)4/h5-8,12H,9-11H2,1-4H3,(H2,21,25)(H,22,26). The normalized spacial score (nSPS) is 14.7. The maximum absolute atomic E-state index is 12.7. The monoisotopic (exact) mass is 450 g/mol. The Kier molecular flexibility index (Phi) is 6.32. The molecule has 0 saturated carbocycles. The summed E-state index contributed by atoms with van der Waals surface area (Å²) in [4.78, 5) is 28.3. The highest BCUT2D eigenvalue weighted by molar-refractivity contribution is 7.89. The lowest BCUT2D eigenvalue weighted by atomic mass is 10.0. The molecule has 2 aromatic rings. The molecule has 10 heteroatoms. The van der Waals surface area contributed by atoms with Crippen LogP contribution in [0, 0.1) is 0 Å². The molecule has 1 aromatic carbocycles. The van der Waals surface area contributed by atoms with E-state index in [1.54, 1.807) is 0 Å². The van der Waals surface area contributed by atoms with E-state index in [-0.39, 0.29) is 4.90 Å². The molecule has 0 radical (unpaired) electrons. The number of benzene rings is 1. The largest absolute Gasteiger partial charge is 0.365 e. The number of hydrogen-bond donors (Lipinski definition) is 2. The number of primary amides is 1. The second kappa shape index (κ2) is 8.46. The smallest absolute Gasteiger partial charge is 0.256 e. The fourth-order valence-electron chi connectivity index (χ4n) is 3.38. The van der Waals surface area contributed by atoms with Crippen LogP contribution in [0.25, 0.3) is 0 Å². The first kappa shape index (κ1) is 22.4. The number of nitrogens with one attached hydrogen (secondary N) is 1. The maximum atomic E-state index is 12.7. The van der Waals surface area contributed by atoms with Crippen LogP contribution in [0.1, 0.15) is 45.0 Å². The fourth-order valence-corrected chi connectivity index (χ4v) is 5.55. The molecule has 2 heterocycles. The first-order valence-corrected chi connectivity index (χ1v) is 11.8. The van der Waals surface area contributed by atoms with Crippen LogP contribution >= 0.6 is 11.3 Å². The van der Waals surface area contributed by atoms with Crippen LogP contribution < -0.4 is 11.1 Å². The minimum absolute atomic E-state index is 0.0993. The quantitative estimate of drug-likeness (QED) is 0.700. The van der Waals surface area contributed by atoms with Crippen molar-refractivity contribution in [1.29, 1.82) is 0 Å². The van der Waals surface area contributed by atoms with Gasteiger partial charge in [0.05, 0.1) is 10.5 Å². The minimum Gasteiger partial charge on any atom is -0.365 e. The Morgan fingerprint density at radius 2 is 1.83 bits per heavy atom. The lowest BCUT2D eigenvalue weighted by molar-refractivity contribution is 0.0999. The van der Waals surface area contributed by atoms with Gasteiger partial charge in [0.2, 0.25) is 10.0 Å². The number of carbonyl (C=O) groups is 2. The molecule has 2 amide bonds. The highest BCUT2D eigenvalue weighted by Crippen LogP contribution is 2.37. The van der Waals surface area contributed by atoms with Crippen LogP contribution in [-0.2, 0) is 23.0 Å². The zero-order chi connectivity index (χ0) is 22.2. The van der Waals surface area contributed by atoms with Crippen molar-refractivity contribution < 1.29 is 18.0 Å². The SMILES string of the molecule is CC(C)N1CCc2c(sc(NC(=O)c3ccc(S(=O)(=O)N(C)C)cc3)c2C(N)=O)C1. The Balaban J connectivity index is 1.86. The third-order valence-corrected chi connectivity index (χ3v) is 8.15. The molecule has 0 spiro atoms. The van der Waals surface area contributed by atoms with Crippen molar-refractivity contribution in [1.82, 2.24) is 9.21 Å². The van der Waals surface area contributed by atoms with Gasteiger partial charge in [-0.15, -0.1) is 11.3 Å². The molecule has 0 atom stereocenters. The molecule has 1 aromatic heterocycles. The lowest BCUT2D eigenvalue weighted by Crippen LogP contribution is -2.35. The molecule has 8 nitrogen and oxygen atoms in total. The third kappa shape index (κ3) is 4.27. The summed E-state index contributed by atoms with van der Waals surface area (Å²) in [6.07, 6.45) is 0.704. The van der Waals surface area contributed by atoms with Crippen molar-refractivity contribution in [2.75, 3.05) is 26.0 Å². The van der Waals surface area contributed by atoms with Gasteiger partial charge in [-0.05, 0) is 50.1 Å². The predicted molar refractivity (Wildman–Crippen MR) is 117 cm³/mol. The van der Waals surface area contributed by atoms with Crippen LogP contribution in [0.3, 0.4) is 0 Å². The molecular formula is C20H26N4O4S2. The predicted octanol–water partition coefficient (Wildman–Crippen LogP) is 2.12. The number of carbonyl (C=O) groups excluding carboxylic acids is 2. The van der Waals surface area contributed by atoms with Gasteiger partial charge >= 0.3 is 0 Å². The van der Waals surface area contributed by atoms with Gasteiger partial charge < -0.3 is 11.1 Å². The number of amides is 2. The topological polar surface area (TPSA) is 113 Å². The Labute approximate surface area is 180 Å². The number of nitrogens with two attached hydrogens (primary N) is 1. The van der Waals surface area contributed by atoms with Crippen LogP contribution in [0.5, 0.6) is 0 Å². The van der Waals surface area contributed by atoms with Crippen molar-refractivity contribution in [3.63, 3.8) is 0 Å². The second-order valence-corrected chi connectivity index (χ2v) is 10.9. The summed E-state index contributed by atoms with van der Waals surface area (Å²) in [5, 5.41) is 3.23. The summed E-state index contributed by atoms with van der Waals surface area (Å²) in [5.74, 6) is -0.987. The number of anilines is 1. The lowest BCUT2D eigenvalue weighted by Gasteiger charge is -2.30. The molecule has 0 fully saturated rings. The van der Waals surface area contributed by atoms with E-state index in [9.17, 15) is 18.0 Å². The van der Waals surface area contributed by atoms with Gasteiger partial charge in [0.15, 0.2) is 0 Å². The van der Waals surface area contributed by atoms with E-state index in [2.05, 4.69) is 24.1 Å². The second-order valence-electron chi connectivity index (χ2n) is 7.65. The first-order valence-electron chi connectivity index (χ1n) is 9.54. The Bertz CT molecular complexity index is 1070. The summed E-state index contributed by atoms with van der Waals surface area (Å²) in [7, 11) is -0.683. The molecule has 1 aliphatic rings. The van der Waals surface area contributed by atoms with Crippen molar-refractivity contribution in [2.45, 2.75) is 37.8 Å². The molecule has 3 N–H and O–H groups in total. The van der Waals surface area contributed by atoms with Crippen molar-refractivity contribution in [3.05, 3.63) is 45.8 Å². The first-order chi connectivity index (χ1) is 14.0. The molecule has 3 rings (SSSR count). The van der Waals surface area contributed by atoms with Gasteiger partial charge in [0.25, 0.3) is 11.8 Å². The Morgan fingerprint density at radius 1 is 1.20 bits per heavy atom. The van der Waals surface area contributed by atoms with Crippen molar-refractivity contribution >= 4 is 38.2 Å². The van der Waals surface area contributed by atoms with Gasteiger partial charge in [-0.3, -0.25) is 14.5 Å². The molecule has 162 valence electrons. The zero-order valence-corrected chi connectivity index (χ0v) is 19.1. The van der Waals surface area contributed by atoms with Gasteiger partial charge in [0.1, 0.15) is 5.00 Å². The van der Waals surface area contributed by atoms with Crippen LogP contribution in [0.15, 0.2) is 29.2 Å². The van der Waals surface area contributed by atoms with Gasteiger partial charge in [-0.2, -0.15) is 0 Å². The summed E-state index contributed by atoms with van der Waals surface area (Å²) >= 11 is 1.37. The summed E-state index contributed by atoms with van der Waals surface area (Å²) in [6, 6.07) is 6.05. The number of nitrogens with zero attached hydrogens (tertiary/aromatic N) is 2. The average molecular weight is 451 g/mol. The van der Waals surface area contributed by atoms with Gasteiger partial charge in [-0.1, -0.05) is 0 Å². The van der Waals surface area contributed by atoms with Crippen LogP contribution in [0.2, 0.25) is 0 Å². The van der Waals surface area contributed by atoms with Gasteiger partial charge in [0, 0.05) is 43.7 Å². The van der Waals surface area contributed by atoms with E-state index in [0.717, 1.165) is 21.3 Å². The third-order valence-electron chi connectivity index (χ3n) is 5.19. The summed E-state index contributed by atoms with van der Waals surface area (Å²) in [6.45, 7) is 5.79. The number of hydrogen-bond acceptors (Lipinski definition) is 6. The number of rotatable bonds is 6. The van der Waals surface area contributed by atoms with E-state index in [0.29, 0.717) is 35.1 Å². The van der Waals surface area contributed by atoms with Crippen molar-refractivity contribution in [3.8, 4) is 0 Å². The van der Waals surface area contributed by atoms with Crippen molar-refractivity contribution in [2.24, 2.45) is 5.73 Å². The zero-order valence-electron chi connectivity index (χ0n) is 17.4. The fraction of sp³-hybridized carbons (Fsp3) is 0.400. The van der Waals surface area contributed by atoms with E-state index >= 15 is 0 Å². The molecule has 30 heavy (non-hydrogen) atoms. The number of sulfonamides is 1. The molecule has 0 aliphatic carbocycles. The Morgan fingerprint density at radius 3 is 2.37 bits per heavy atom. The average Bonchev–Trinajstić information content (AvgIpc) is 3.04. The highest BCUT2D eigenvalue weighted by atomic mass is 32.2. The van der Waals surface area contributed by atoms with E-state index in [4.69, 9.17) is 5.73 Å². The summed E-state index contributed by atoms with van der Waals surface area (Å²) in [5.41, 5.74) is 7.19. The molecule has 0 bridgehead atoms. The van der Waals surface area contributed by atoms with Crippen LogP contribution in [0.4, 0.5) is 5.00 Å². The van der Waals surface area contributed by atoms with Crippen LogP contribution in [-0.4, -0.2) is 56.1 Å². The molecule has 0 saturated heterocycles. The number of thiophene rings is 1. The highest BCUT2D eigenvalue weighted by Gasteiger charge is 2.28. The summed E-state index contributed by atoms with van der Waals surface area (Å²) < 4.78 is 25.5. The van der Waals surface area contributed by atoms with E-state index in [1.165, 1.54) is 49.7 Å². The van der Waals surface area contributed by atoms with E-state index in [1.807, 2.05) is 0 Å². The minimum atomic E-state index is -3.57. The van der Waals surface area contributed by atoms with Gasteiger partial charge in [-0.25, -0.2) is 12.7 Å². The molecular weight excluding hydrogens is 424 g/mol. The number of fused-ring (bicyclic) bond motifs is 1. The molecule has 1 aliphatic heterocycles. The van der Waals surface area contributed by atoms with E-state index < -0.39 is 21.8 Å². The Hall–Kier alpha value is -2.27. The maximum Gasteiger partial charge on any atom is 0.256 e.